The molecule has 98 valence electrons. The van der Waals surface area contributed by atoms with Crippen LogP contribution in [0.4, 0.5) is 0 Å². The van der Waals surface area contributed by atoms with Gasteiger partial charge in [0.15, 0.2) is 0 Å². The van der Waals surface area contributed by atoms with Gasteiger partial charge in [-0.25, -0.2) is 0 Å². The number of hydrogen-bond donors (Lipinski definition) is 0. The van der Waals surface area contributed by atoms with Gasteiger partial charge in [0.2, 0.25) is 0 Å². The molecule has 0 aliphatic heterocycles. The van der Waals surface area contributed by atoms with Crippen LogP contribution in [0, 0.1) is 34.5 Å². The summed E-state index contributed by atoms with van der Waals surface area (Å²) in [6.07, 6.45) is 8.66. The van der Waals surface area contributed by atoms with Crippen molar-refractivity contribution in [2.75, 3.05) is 0 Å². The van der Waals surface area contributed by atoms with E-state index in [0.717, 1.165) is 30.6 Å². The van der Waals surface area contributed by atoms with Crippen LogP contribution in [0.15, 0.2) is 0 Å². The third kappa shape index (κ3) is 5.11. The first-order chi connectivity index (χ1) is 7.94. The Kier molecular flexibility index (Phi) is 5.50. The van der Waals surface area contributed by atoms with E-state index in [4.69, 9.17) is 5.26 Å². The second-order valence-electron chi connectivity index (χ2n) is 7.11. The van der Waals surface area contributed by atoms with Crippen molar-refractivity contribution in [1.82, 2.24) is 0 Å². The molecular formula is C16H29N. The summed E-state index contributed by atoms with van der Waals surface area (Å²) in [5, 5.41) is 8.66. The van der Waals surface area contributed by atoms with Gasteiger partial charge in [-0.15, -0.1) is 0 Å². The Balaban J connectivity index is 2.52. The van der Waals surface area contributed by atoms with Crippen molar-refractivity contribution in [2.45, 2.75) is 72.6 Å². The lowest BCUT2D eigenvalue weighted by atomic mass is 9.64. The van der Waals surface area contributed by atoms with Gasteiger partial charge in [-0.1, -0.05) is 27.7 Å². The lowest BCUT2D eigenvalue weighted by molar-refractivity contribution is 0.0959. The maximum Gasteiger partial charge on any atom is 0.0621 e. The molecule has 0 N–H and O–H groups in total. The van der Waals surface area contributed by atoms with Crippen molar-refractivity contribution in [3.8, 4) is 6.07 Å². The van der Waals surface area contributed by atoms with E-state index in [-0.39, 0.29) is 0 Å². The molecule has 1 heteroatoms. The van der Waals surface area contributed by atoms with Crippen molar-refractivity contribution < 1.29 is 0 Å². The van der Waals surface area contributed by atoms with Crippen molar-refractivity contribution in [2.24, 2.45) is 23.2 Å². The summed E-state index contributed by atoms with van der Waals surface area (Å²) in [6, 6.07) is 2.28. The molecule has 0 aromatic rings. The predicted octanol–water partition coefficient (Wildman–Crippen LogP) is 5.17. The maximum atomic E-state index is 8.66. The molecule has 1 saturated carbocycles. The Morgan fingerprint density at radius 1 is 1.29 bits per heavy atom. The number of hydrogen-bond acceptors (Lipinski definition) is 1. The average Bonchev–Trinajstić information content (AvgIpc) is 2.21. The molecule has 17 heavy (non-hydrogen) atoms. The molecule has 1 fully saturated rings. The zero-order valence-corrected chi connectivity index (χ0v) is 12.1. The zero-order valence-electron chi connectivity index (χ0n) is 12.1. The zero-order chi connectivity index (χ0) is 12.9. The number of rotatable bonds is 5. The third-order valence-electron chi connectivity index (χ3n) is 4.31. The molecule has 1 nitrogen and oxygen atoms in total. The summed E-state index contributed by atoms with van der Waals surface area (Å²) in [5.74, 6) is 2.61. The Labute approximate surface area is 108 Å². The van der Waals surface area contributed by atoms with E-state index in [1.807, 2.05) is 0 Å². The first-order valence-electron chi connectivity index (χ1n) is 7.31. The molecule has 1 aliphatic carbocycles. The van der Waals surface area contributed by atoms with Crippen LogP contribution in [0.5, 0.6) is 0 Å². The van der Waals surface area contributed by atoms with Gasteiger partial charge < -0.3 is 0 Å². The first kappa shape index (κ1) is 14.6. The average molecular weight is 235 g/mol. The SMILES string of the molecule is CC(C)CC1CCC(C)(C)CC1CCCC#N. The highest BCUT2D eigenvalue weighted by molar-refractivity contribution is 4.86. The quantitative estimate of drug-likeness (QED) is 0.603. The van der Waals surface area contributed by atoms with Gasteiger partial charge in [0, 0.05) is 6.42 Å². The predicted molar refractivity (Wildman–Crippen MR) is 73.5 cm³/mol. The molecular weight excluding hydrogens is 206 g/mol. The number of unbranched alkanes of at least 4 members (excludes halogenated alkanes) is 1. The van der Waals surface area contributed by atoms with Gasteiger partial charge in [0.25, 0.3) is 0 Å². The van der Waals surface area contributed by atoms with Crippen molar-refractivity contribution in [3.05, 3.63) is 0 Å². The van der Waals surface area contributed by atoms with Gasteiger partial charge in [-0.2, -0.15) is 5.26 Å². The topological polar surface area (TPSA) is 23.8 Å². The highest BCUT2D eigenvalue weighted by Gasteiger charge is 2.34. The normalized spacial score (nSPS) is 28.0. The van der Waals surface area contributed by atoms with E-state index in [1.54, 1.807) is 0 Å². The lowest BCUT2D eigenvalue weighted by Crippen LogP contribution is -2.30. The van der Waals surface area contributed by atoms with Crippen LogP contribution in [0.2, 0.25) is 0 Å². The molecule has 0 spiro atoms. The second kappa shape index (κ2) is 6.43. The van der Waals surface area contributed by atoms with E-state index in [0.29, 0.717) is 5.41 Å². The van der Waals surface area contributed by atoms with Gasteiger partial charge in [0.1, 0.15) is 0 Å². The Morgan fingerprint density at radius 2 is 2.00 bits per heavy atom. The molecule has 0 bridgehead atoms. The summed E-state index contributed by atoms with van der Waals surface area (Å²) < 4.78 is 0. The minimum absolute atomic E-state index is 0.533. The van der Waals surface area contributed by atoms with Crippen LogP contribution in [-0.4, -0.2) is 0 Å². The van der Waals surface area contributed by atoms with Crippen LogP contribution in [0.1, 0.15) is 72.6 Å². The fourth-order valence-corrected chi connectivity index (χ4v) is 3.49. The summed E-state index contributed by atoms with van der Waals surface area (Å²) >= 11 is 0. The minimum Gasteiger partial charge on any atom is -0.198 e. The van der Waals surface area contributed by atoms with Crippen LogP contribution < -0.4 is 0 Å². The van der Waals surface area contributed by atoms with E-state index < -0.39 is 0 Å². The number of nitrogens with zero attached hydrogens (tertiary/aromatic N) is 1. The van der Waals surface area contributed by atoms with Gasteiger partial charge >= 0.3 is 0 Å². The minimum atomic E-state index is 0.533. The molecule has 1 rings (SSSR count). The highest BCUT2D eigenvalue weighted by Crippen LogP contribution is 2.45. The van der Waals surface area contributed by atoms with Crippen LogP contribution in [-0.2, 0) is 0 Å². The first-order valence-corrected chi connectivity index (χ1v) is 7.31. The van der Waals surface area contributed by atoms with Crippen molar-refractivity contribution >= 4 is 0 Å². The maximum absolute atomic E-state index is 8.66. The van der Waals surface area contributed by atoms with Crippen LogP contribution >= 0.6 is 0 Å². The molecule has 1 aliphatic rings. The van der Waals surface area contributed by atoms with Crippen molar-refractivity contribution in [1.29, 1.82) is 5.26 Å². The largest absolute Gasteiger partial charge is 0.198 e. The molecule has 2 atom stereocenters. The summed E-state index contributed by atoms with van der Waals surface area (Å²) in [7, 11) is 0. The van der Waals surface area contributed by atoms with Crippen molar-refractivity contribution in [3.63, 3.8) is 0 Å². The van der Waals surface area contributed by atoms with Crippen LogP contribution in [0.25, 0.3) is 0 Å². The molecule has 0 heterocycles. The van der Waals surface area contributed by atoms with E-state index in [9.17, 15) is 0 Å². The van der Waals surface area contributed by atoms with E-state index in [1.165, 1.54) is 32.1 Å². The molecule has 0 radical (unpaired) electrons. The second-order valence-corrected chi connectivity index (χ2v) is 7.11. The van der Waals surface area contributed by atoms with Gasteiger partial charge in [0.05, 0.1) is 6.07 Å². The van der Waals surface area contributed by atoms with E-state index in [2.05, 4.69) is 33.8 Å². The fourth-order valence-electron chi connectivity index (χ4n) is 3.49. The summed E-state index contributed by atoms with van der Waals surface area (Å²) in [4.78, 5) is 0. The summed E-state index contributed by atoms with van der Waals surface area (Å²) in [6.45, 7) is 9.50. The molecule has 2 unspecified atom stereocenters. The van der Waals surface area contributed by atoms with E-state index >= 15 is 0 Å². The molecule has 0 amide bonds. The Bertz CT molecular complexity index is 259. The number of nitriles is 1. The van der Waals surface area contributed by atoms with Crippen LogP contribution in [0.3, 0.4) is 0 Å². The summed E-state index contributed by atoms with van der Waals surface area (Å²) in [5.41, 5.74) is 0.533. The lowest BCUT2D eigenvalue weighted by Gasteiger charge is -2.41. The Morgan fingerprint density at radius 3 is 2.59 bits per heavy atom. The smallest absolute Gasteiger partial charge is 0.0621 e. The van der Waals surface area contributed by atoms with Gasteiger partial charge in [-0.05, 0) is 61.7 Å². The molecule has 0 aromatic carbocycles. The molecule has 0 aromatic heterocycles. The Hall–Kier alpha value is -0.510. The highest BCUT2D eigenvalue weighted by atomic mass is 14.4. The molecule has 0 saturated heterocycles. The van der Waals surface area contributed by atoms with Gasteiger partial charge in [-0.3, -0.25) is 0 Å². The third-order valence-corrected chi connectivity index (χ3v) is 4.31. The standard InChI is InChI=1S/C16H29N/c1-13(2)11-14-8-9-16(3,4)12-15(14)7-5-6-10-17/h13-15H,5-9,11-12H2,1-4H3. The monoisotopic (exact) mass is 235 g/mol. The fraction of sp³-hybridized carbons (Fsp3) is 0.938.